The maximum atomic E-state index is 13.6. The van der Waals surface area contributed by atoms with E-state index in [9.17, 15) is 13.2 Å². The summed E-state index contributed by atoms with van der Waals surface area (Å²) in [5, 5.41) is 3.95. The molecule has 5 atom stereocenters. The van der Waals surface area contributed by atoms with Gasteiger partial charge in [0.05, 0.1) is 29.3 Å². The lowest BCUT2D eigenvalue weighted by molar-refractivity contribution is -0.122. The smallest absolute Gasteiger partial charge is 0.264 e. The van der Waals surface area contributed by atoms with Crippen LogP contribution >= 0.6 is 11.6 Å². The Morgan fingerprint density at radius 3 is 2.74 bits per heavy atom. The van der Waals surface area contributed by atoms with E-state index in [1.807, 2.05) is 26.0 Å². The Morgan fingerprint density at radius 2 is 2.00 bits per heavy atom. The van der Waals surface area contributed by atoms with Crippen LogP contribution < -0.4 is 19.7 Å². The van der Waals surface area contributed by atoms with Gasteiger partial charge < -0.3 is 19.7 Å². The lowest BCUT2D eigenvalue weighted by atomic mass is 9.68. The monoisotopic (exact) mass is 627 g/mol. The number of nitrogens with zero attached hydrogens (tertiary/aromatic N) is 1. The minimum absolute atomic E-state index is 0.0410. The summed E-state index contributed by atoms with van der Waals surface area (Å²) >= 11 is 6.41. The first kappa shape index (κ1) is 30.4. The van der Waals surface area contributed by atoms with Gasteiger partial charge in [0.15, 0.2) is 0 Å². The van der Waals surface area contributed by atoms with Crippen LogP contribution in [0.4, 0.5) is 5.69 Å². The average Bonchev–Trinajstić information content (AvgIpc) is 3.10. The first-order valence-electron chi connectivity index (χ1n) is 15.4. The van der Waals surface area contributed by atoms with Crippen LogP contribution in [0.15, 0.2) is 53.4 Å². The highest BCUT2D eigenvalue weighted by Gasteiger charge is 2.44. The Morgan fingerprint density at radius 1 is 1.16 bits per heavy atom. The molecule has 4 aliphatic rings. The molecular formula is C33H42ClN3O5S. The minimum Gasteiger partial charge on any atom is -0.490 e. The van der Waals surface area contributed by atoms with Gasteiger partial charge in [-0.15, -0.1) is 0 Å². The Hall–Kier alpha value is -2.59. The average molecular weight is 628 g/mol. The molecule has 2 bridgehead atoms. The second-order valence-electron chi connectivity index (χ2n) is 13.0. The van der Waals surface area contributed by atoms with Gasteiger partial charge in [0, 0.05) is 37.2 Å². The molecule has 6 rings (SSSR count). The number of amides is 1. The number of nitrogens with one attached hydrogen (secondary N) is 2. The van der Waals surface area contributed by atoms with Gasteiger partial charge >= 0.3 is 0 Å². The standard InChI is InChI=1S/C33H42ClN3O5S/c1-21(2)31-32(38)36-43(39,40)25-10-13-30-28(17-25)37(18-23-8-11-26(23)29(41-3)7-5-15-35-31)19-33(20-42-30)14-4-6-22-16-24(34)9-12-27(22)33/h5,7,9-10,12-13,16-17,21,23,26,29,31,35H,4,6,8,11,14-15,18-20H2,1-3H3,(H,36,38)/b7-5-/t23-,26+,29+,31-,33-/m0/s1. The van der Waals surface area contributed by atoms with Crippen molar-refractivity contribution in [3.05, 3.63) is 64.7 Å². The third-order valence-corrected chi connectivity index (χ3v) is 11.5. The van der Waals surface area contributed by atoms with E-state index in [-0.39, 0.29) is 22.3 Å². The summed E-state index contributed by atoms with van der Waals surface area (Å²) < 4.78 is 42.0. The number of methoxy groups -OCH3 is 1. The molecule has 1 amide bonds. The molecule has 2 heterocycles. The zero-order chi connectivity index (χ0) is 30.4. The molecule has 2 aliphatic heterocycles. The first-order chi connectivity index (χ1) is 20.6. The van der Waals surface area contributed by atoms with E-state index in [4.69, 9.17) is 21.1 Å². The number of hydrogen-bond donors (Lipinski definition) is 2. The molecule has 0 unspecified atom stereocenters. The van der Waals surface area contributed by atoms with Gasteiger partial charge in [0.1, 0.15) is 5.75 Å². The summed E-state index contributed by atoms with van der Waals surface area (Å²) in [5.74, 6) is 0.681. The Labute approximate surface area is 260 Å². The molecule has 1 spiro atoms. The summed E-state index contributed by atoms with van der Waals surface area (Å²) in [6.45, 7) is 6.17. The van der Waals surface area contributed by atoms with Gasteiger partial charge in [0.2, 0.25) is 0 Å². The lowest BCUT2D eigenvalue weighted by Crippen LogP contribution is -2.50. The van der Waals surface area contributed by atoms with Gasteiger partial charge in [0.25, 0.3) is 15.9 Å². The largest absolute Gasteiger partial charge is 0.490 e. The number of ether oxygens (including phenoxy) is 2. The molecule has 2 aromatic carbocycles. The fourth-order valence-electron chi connectivity index (χ4n) is 7.48. The fourth-order valence-corrected chi connectivity index (χ4v) is 8.70. The van der Waals surface area contributed by atoms with E-state index in [0.717, 1.165) is 49.4 Å². The third-order valence-electron chi connectivity index (χ3n) is 9.91. The molecule has 2 aromatic rings. The molecule has 8 nitrogen and oxygen atoms in total. The second kappa shape index (κ2) is 12.1. The number of fused-ring (bicyclic) bond motifs is 4. The number of aryl methyl sites for hydroxylation is 1. The van der Waals surface area contributed by atoms with Crippen molar-refractivity contribution < 1.29 is 22.7 Å². The summed E-state index contributed by atoms with van der Waals surface area (Å²) in [4.78, 5) is 15.6. The molecule has 2 N–H and O–H groups in total. The Kier molecular flexibility index (Phi) is 8.54. The highest BCUT2D eigenvalue weighted by atomic mass is 35.5. The second-order valence-corrected chi connectivity index (χ2v) is 15.1. The normalized spacial score (nSPS) is 31.2. The molecule has 232 valence electrons. The van der Waals surface area contributed by atoms with E-state index in [2.05, 4.69) is 33.1 Å². The number of anilines is 1. The number of halogens is 1. The number of rotatable bonds is 2. The topological polar surface area (TPSA) is 97.0 Å². The Bertz CT molecular complexity index is 1510. The van der Waals surface area contributed by atoms with E-state index < -0.39 is 22.0 Å². The van der Waals surface area contributed by atoms with E-state index >= 15 is 0 Å². The molecule has 10 heteroatoms. The van der Waals surface area contributed by atoms with Crippen molar-refractivity contribution in [2.45, 2.75) is 68.4 Å². The van der Waals surface area contributed by atoms with Crippen LogP contribution in [0.1, 0.15) is 50.7 Å². The summed E-state index contributed by atoms with van der Waals surface area (Å²) in [6, 6.07) is 10.5. The molecule has 0 saturated heterocycles. The van der Waals surface area contributed by atoms with Gasteiger partial charge in [-0.3, -0.25) is 4.79 Å². The molecule has 1 fully saturated rings. The van der Waals surface area contributed by atoms with Crippen molar-refractivity contribution >= 4 is 33.2 Å². The maximum Gasteiger partial charge on any atom is 0.264 e. The van der Waals surface area contributed by atoms with Crippen LogP contribution in [0.3, 0.4) is 0 Å². The summed E-state index contributed by atoms with van der Waals surface area (Å²) in [6.07, 6.45) is 9.15. The number of benzene rings is 2. The van der Waals surface area contributed by atoms with Crippen molar-refractivity contribution in [3.63, 3.8) is 0 Å². The van der Waals surface area contributed by atoms with Crippen molar-refractivity contribution in [1.29, 1.82) is 0 Å². The number of carbonyl (C=O) groups excluding carboxylic acids is 1. The van der Waals surface area contributed by atoms with Gasteiger partial charge in [-0.2, -0.15) is 0 Å². The number of sulfonamides is 1. The molecule has 43 heavy (non-hydrogen) atoms. The van der Waals surface area contributed by atoms with E-state index in [0.29, 0.717) is 37.3 Å². The first-order valence-corrected chi connectivity index (χ1v) is 17.3. The predicted molar refractivity (Wildman–Crippen MR) is 168 cm³/mol. The SMILES string of the molecule is CO[C@@H]1/C=C\CN[C@@H](C(C)C)C(=O)NS(=O)(=O)c2ccc3c(c2)N(C[C@@H]2CC[C@H]21)C[C@@]1(CCCc2cc(Cl)ccc21)CO3. The van der Waals surface area contributed by atoms with Crippen LogP contribution in [-0.4, -0.2) is 59.8 Å². The van der Waals surface area contributed by atoms with Gasteiger partial charge in [-0.05, 0) is 91.3 Å². The highest BCUT2D eigenvalue weighted by molar-refractivity contribution is 7.90. The highest BCUT2D eigenvalue weighted by Crippen LogP contribution is 2.47. The van der Waals surface area contributed by atoms with Crippen LogP contribution in [0.5, 0.6) is 5.75 Å². The quantitative estimate of drug-likeness (QED) is 0.460. The molecule has 2 aliphatic carbocycles. The van der Waals surface area contributed by atoms with Crippen molar-refractivity contribution in [3.8, 4) is 5.75 Å². The zero-order valence-electron chi connectivity index (χ0n) is 25.1. The number of carbonyl (C=O) groups is 1. The van der Waals surface area contributed by atoms with E-state index in [1.165, 1.54) is 17.2 Å². The lowest BCUT2D eigenvalue weighted by Gasteiger charge is -2.46. The van der Waals surface area contributed by atoms with Crippen LogP contribution in [-0.2, 0) is 31.4 Å². The fraction of sp³-hybridized carbons (Fsp3) is 0.545. The van der Waals surface area contributed by atoms with Gasteiger partial charge in [-0.25, -0.2) is 13.1 Å². The summed E-state index contributed by atoms with van der Waals surface area (Å²) in [7, 11) is -2.37. The van der Waals surface area contributed by atoms with Crippen molar-refractivity contribution in [1.82, 2.24) is 10.0 Å². The zero-order valence-corrected chi connectivity index (χ0v) is 26.7. The molecule has 1 saturated carbocycles. The van der Waals surface area contributed by atoms with E-state index in [1.54, 1.807) is 19.2 Å². The van der Waals surface area contributed by atoms with Crippen LogP contribution in [0.2, 0.25) is 5.02 Å². The van der Waals surface area contributed by atoms with Crippen LogP contribution in [0.25, 0.3) is 0 Å². The minimum atomic E-state index is -4.12. The van der Waals surface area contributed by atoms with Crippen molar-refractivity contribution in [2.24, 2.45) is 17.8 Å². The molecule has 0 aromatic heterocycles. The van der Waals surface area contributed by atoms with Crippen LogP contribution in [0, 0.1) is 17.8 Å². The predicted octanol–water partition coefficient (Wildman–Crippen LogP) is 4.84. The summed E-state index contributed by atoms with van der Waals surface area (Å²) in [5.41, 5.74) is 3.00. The molecular weight excluding hydrogens is 586 g/mol. The molecule has 0 radical (unpaired) electrons. The number of hydrogen-bond acceptors (Lipinski definition) is 7. The van der Waals surface area contributed by atoms with Gasteiger partial charge in [-0.1, -0.05) is 43.7 Å². The Balaban J connectivity index is 1.44. The maximum absolute atomic E-state index is 13.6. The van der Waals surface area contributed by atoms with Crippen molar-refractivity contribution in [2.75, 3.05) is 38.3 Å². The third kappa shape index (κ3) is 5.93.